The third-order valence-corrected chi connectivity index (χ3v) is 7.72. The number of rotatable bonds is 6. The van der Waals surface area contributed by atoms with E-state index >= 15 is 0 Å². The molecule has 3 fully saturated rings. The van der Waals surface area contributed by atoms with Crippen LogP contribution >= 0.6 is 0 Å². The molecule has 1 N–H and O–H groups in total. The average molecular weight is 510 g/mol. The number of nitrogens with one attached hydrogen (secondary N) is 1. The summed E-state index contributed by atoms with van der Waals surface area (Å²) < 4.78 is 29.9. The predicted molar refractivity (Wildman–Crippen MR) is 140 cm³/mol. The summed E-state index contributed by atoms with van der Waals surface area (Å²) in [5.74, 6) is 1.92. The first-order chi connectivity index (χ1) is 18.1. The second-order valence-electron chi connectivity index (χ2n) is 10.2. The third-order valence-electron chi connectivity index (χ3n) is 7.72. The Morgan fingerprint density at radius 1 is 1.05 bits per heavy atom. The number of aromatic nitrogens is 2. The number of fused-ring (bicyclic) bond motifs is 1. The monoisotopic (exact) mass is 509 g/mol. The lowest BCUT2D eigenvalue weighted by Gasteiger charge is -2.41. The molecule has 8 heteroatoms. The highest BCUT2D eigenvalue weighted by Crippen LogP contribution is 2.37. The second kappa shape index (κ2) is 12.2. The Hall–Kier alpha value is -2.81. The molecule has 3 aliphatic heterocycles. The molecule has 0 aliphatic carbocycles. The van der Waals surface area contributed by atoms with Gasteiger partial charge in [-0.2, -0.15) is 0 Å². The molecule has 3 aromatic rings. The van der Waals surface area contributed by atoms with Crippen molar-refractivity contribution in [3.8, 4) is 16.9 Å². The van der Waals surface area contributed by atoms with Gasteiger partial charge >= 0.3 is 0 Å². The van der Waals surface area contributed by atoms with Gasteiger partial charge in [0.15, 0.2) is 0 Å². The molecule has 2 aromatic heterocycles. The van der Waals surface area contributed by atoms with E-state index in [-0.39, 0.29) is 11.7 Å². The lowest BCUT2D eigenvalue weighted by atomic mass is 9.92. The molecular weight excluding hydrogens is 473 g/mol. The number of nitrogens with zero attached hydrogens (tertiary/aromatic N) is 2. The summed E-state index contributed by atoms with van der Waals surface area (Å²) in [5, 5.41) is 1.01. The molecule has 198 valence electrons. The van der Waals surface area contributed by atoms with Crippen molar-refractivity contribution in [3.63, 3.8) is 0 Å². The normalized spacial score (nSPS) is 19.7. The number of ether oxygens (including phenoxy) is 3. The van der Waals surface area contributed by atoms with Gasteiger partial charge in [-0.05, 0) is 67.5 Å². The van der Waals surface area contributed by atoms with Crippen LogP contribution < -0.4 is 4.74 Å². The molecule has 0 saturated carbocycles. The zero-order chi connectivity index (χ0) is 25.6. The van der Waals surface area contributed by atoms with Crippen molar-refractivity contribution >= 4 is 17.3 Å². The zero-order valence-corrected chi connectivity index (χ0v) is 21.5. The first kappa shape index (κ1) is 25.8. The molecule has 5 heterocycles. The Balaban J connectivity index is 0.000000301. The van der Waals surface area contributed by atoms with Gasteiger partial charge in [-0.3, -0.25) is 0 Å². The number of methoxy groups -OCH3 is 1. The summed E-state index contributed by atoms with van der Waals surface area (Å²) in [6, 6.07) is 8.72. The fourth-order valence-electron chi connectivity index (χ4n) is 5.45. The van der Waals surface area contributed by atoms with Crippen LogP contribution in [0.5, 0.6) is 5.75 Å². The molecule has 3 aliphatic rings. The summed E-state index contributed by atoms with van der Waals surface area (Å²) >= 11 is 0. The number of carbonyl (C=O) groups is 1. The fraction of sp³-hybridized carbons (Fsp3) is 0.517. The van der Waals surface area contributed by atoms with E-state index in [2.05, 4.69) is 20.9 Å². The smallest absolute Gasteiger partial charge is 0.138 e. The van der Waals surface area contributed by atoms with E-state index in [1.807, 2.05) is 6.07 Å². The molecule has 3 saturated heterocycles. The van der Waals surface area contributed by atoms with Crippen LogP contribution in [0.1, 0.15) is 37.3 Å². The Labute approximate surface area is 217 Å². The summed E-state index contributed by atoms with van der Waals surface area (Å²) in [6.07, 6.45) is 6.99. The number of aldehydes is 1. The van der Waals surface area contributed by atoms with Gasteiger partial charge in [-0.1, -0.05) is 0 Å². The van der Waals surface area contributed by atoms with Gasteiger partial charge in [0.25, 0.3) is 0 Å². The van der Waals surface area contributed by atoms with Gasteiger partial charge in [0.1, 0.15) is 23.5 Å². The highest BCUT2D eigenvalue weighted by Gasteiger charge is 2.31. The number of benzene rings is 1. The lowest BCUT2D eigenvalue weighted by molar-refractivity contribution is -0.113. The average Bonchev–Trinajstić information content (AvgIpc) is 3.36. The van der Waals surface area contributed by atoms with Crippen molar-refractivity contribution in [2.75, 3.05) is 53.2 Å². The minimum absolute atomic E-state index is 0.274. The molecule has 1 aromatic carbocycles. The standard InChI is InChI=1S/C23H26FN3O2.C6H10O2/c1-28-22-3-2-17(24)10-19(22)18-4-7-25-23-20(18)11-21(26-23)16-13-27(14-16)12-15-5-8-29-9-6-15;7-5-6-1-3-8-4-2-6/h2-4,7,10-11,15-16H,5-6,8-9,12-14H2,1H3,(H,25,26);5-6H,1-4H2. The van der Waals surface area contributed by atoms with E-state index in [9.17, 15) is 9.18 Å². The molecule has 0 radical (unpaired) electrons. The fourth-order valence-corrected chi connectivity index (χ4v) is 5.45. The molecule has 0 atom stereocenters. The molecule has 37 heavy (non-hydrogen) atoms. The van der Waals surface area contributed by atoms with E-state index in [1.165, 1.54) is 37.2 Å². The van der Waals surface area contributed by atoms with Gasteiger partial charge < -0.3 is 28.9 Å². The summed E-state index contributed by atoms with van der Waals surface area (Å²) in [6.45, 7) is 6.66. The Morgan fingerprint density at radius 2 is 1.78 bits per heavy atom. The molecule has 0 unspecified atom stereocenters. The van der Waals surface area contributed by atoms with Crippen molar-refractivity contribution in [1.29, 1.82) is 0 Å². The number of hydrogen-bond donors (Lipinski definition) is 1. The largest absolute Gasteiger partial charge is 0.496 e. The van der Waals surface area contributed by atoms with Gasteiger partial charge in [0.05, 0.1) is 7.11 Å². The van der Waals surface area contributed by atoms with Crippen molar-refractivity contribution < 1.29 is 23.4 Å². The quantitative estimate of drug-likeness (QED) is 0.481. The van der Waals surface area contributed by atoms with Gasteiger partial charge in [0, 0.05) is 80.7 Å². The first-order valence-corrected chi connectivity index (χ1v) is 13.3. The van der Waals surface area contributed by atoms with Crippen LogP contribution in [0.25, 0.3) is 22.2 Å². The first-order valence-electron chi connectivity index (χ1n) is 13.3. The van der Waals surface area contributed by atoms with E-state index in [4.69, 9.17) is 14.2 Å². The van der Waals surface area contributed by atoms with Crippen LogP contribution in [0.15, 0.2) is 36.5 Å². The highest BCUT2D eigenvalue weighted by atomic mass is 19.1. The summed E-state index contributed by atoms with van der Waals surface area (Å²) in [4.78, 5) is 20.6. The Bertz CT molecular complexity index is 1180. The van der Waals surface area contributed by atoms with Gasteiger partial charge in [-0.15, -0.1) is 0 Å². The predicted octanol–water partition coefficient (Wildman–Crippen LogP) is 4.82. The summed E-state index contributed by atoms with van der Waals surface area (Å²) in [5.41, 5.74) is 3.73. The number of hydrogen-bond acceptors (Lipinski definition) is 6. The molecule has 0 amide bonds. The minimum Gasteiger partial charge on any atom is -0.496 e. The van der Waals surface area contributed by atoms with Gasteiger partial charge in [0.2, 0.25) is 0 Å². The summed E-state index contributed by atoms with van der Waals surface area (Å²) in [7, 11) is 1.61. The maximum atomic E-state index is 13.9. The van der Waals surface area contributed by atoms with Crippen LogP contribution in [-0.4, -0.2) is 74.3 Å². The number of halogens is 1. The SMILES string of the molecule is COc1ccc(F)cc1-c1ccnc2[nH]c(C3CN(CC4CCOCC4)C3)cc12.O=CC1CCOCC1. The van der Waals surface area contributed by atoms with Crippen molar-refractivity contribution in [3.05, 3.63) is 48.0 Å². The number of carbonyl (C=O) groups excluding carboxylic acids is 1. The lowest BCUT2D eigenvalue weighted by Crippen LogP contribution is -2.47. The van der Waals surface area contributed by atoms with Gasteiger partial charge in [-0.25, -0.2) is 9.37 Å². The zero-order valence-electron chi connectivity index (χ0n) is 21.5. The topological polar surface area (TPSA) is 76.7 Å². The van der Waals surface area contributed by atoms with E-state index in [1.54, 1.807) is 19.4 Å². The van der Waals surface area contributed by atoms with Crippen LogP contribution in [0.4, 0.5) is 4.39 Å². The van der Waals surface area contributed by atoms with Crippen molar-refractivity contribution in [2.45, 2.75) is 31.6 Å². The van der Waals surface area contributed by atoms with Crippen molar-refractivity contribution in [2.24, 2.45) is 11.8 Å². The number of H-pyrrole nitrogens is 1. The maximum Gasteiger partial charge on any atom is 0.138 e. The third kappa shape index (κ3) is 6.20. The molecule has 0 bridgehead atoms. The van der Waals surface area contributed by atoms with E-state index in [0.29, 0.717) is 11.7 Å². The highest BCUT2D eigenvalue weighted by molar-refractivity contribution is 5.95. The minimum atomic E-state index is -0.274. The number of likely N-dealkylation sites (tertiary alicyclic amines) is 1. The maximum absolute atomic E-state index is 13.9. The van der Waals surface area contributed by atoms with Crippen LogP contribution in [0.2, 0.25) is 0 Å². The molecule has 0 spiro atoms. The van der Waals surface area contributed by atoms with E-state index in [0.717, 1.165) is 86.7 Å². The van der Waals surface area contributed by atoms with E-state index < -0.39 is 0 Å². The molecule has 6 rings (SSSR count). The van der Waals surface area contributed by atoms with Crippen LogP contribution in [0, 0.1) is 17.7 Å². The van der Waals surface area contributed by atoms with Crippen molar-refractivity contribution in [1.82, 2.24) is 14.9 Å². The Morgan fingerprint density at radius 3 is 2.46 bits per heavy atom. The molecule has 7 nitrogen and oxygen atoms in total. The Kier molecular flexibility index (Phi) is 8.48. The number of pyridine rings is 1. The number of aromatic amines is 1. The van der Waals surface area contributed by atoms with Crippen LogP contribution in [-0.2, 0) is 14.3 Å². The second-order valence-corrected chi connectivity index (χ2v) is 10.2. The van der Waals surface area contributed by atoms with Crippen LogP contribution in [0.3, 0.4) is 0 Å². The molecular formula is C29H36FN3O4.